The van der Waals surface area contributed by atoms with Gasteiger partial charge in [-0.1, -0.05) is 0 Å². The van der Waals surface area contributed by atoms with Gasteiger partial charge in [0.1, 0.15) is 34.6 Å². The molecular weight excluding hydrogens is 232 g/mol. The summed E-state index contributed by atoms with van der Waals surface area (Å²) in [7, 11) is 3.12. The normalized spacial score (nSPS) is 9.83. The monoisotopic (exact) mass is 244 g/mol. The molecule has 2 rings (SSSR count). The van der Waals surface area contributed by atoms with Crippen molar-refractivity contribution in [2.45, 2.75) is 0 Å². The number of anilines is 1. The lowest BCUT2D eigenvalue weighted by atomic mass is 10.2. The van der Waals surface area contributed by atoms with Gasteiger partial charge < -0.3 is 15.2 Å². The number of aromatic nitrogens is 2. The van der Waals surface area contributed by atoms with Crippen LogP contribution in [-0.4, -0.2) is 24.0 Å². The molecule has 0 bridgehead atoms. The first-order valence-electron chi connectivity index (χ1n) is 5.17. The number of hydrogen-bond donors (Lipinski definition) is 1. The van der Waals surface area contributed by atoms with E-state index in [-0.39, 0.29) is 5.82 Å². The molecule has 1 heterocycles. The number of rotatable bonds is 3. The average molecular weight is 244 g/mol. The van der Waals surface area contributed by atoms with Crippen LogP contribution in [0.3, 0.4) is 0 Å². The van der Waals surface area contributed by atoms with Crippen molar-refractivity contribution in [3.8, 4) is 23.3 Å². The number of nitrogens with two attached hydrogens (primary N) is 1. The SMILES string of the molecule is COc1ccc(OC)c(-n2ncc(C#N)c2N)c1. The zero-order chi connectivity index (χ0) is 13.1. The molecule has 0 aliphatic carbocycles. The molecular formula is C12H12N4O2. The minimum Gasteiger partial charge on any atom is -0.497 e. The summed E-state index contributed by atoms with van der Waals surface area (Å²) in [6, 6.07) is 7.23. The first-order chi connectivity index (χ1) is 8.71. The summed E-state index contributed by atoms with van der Waals surface area (Å²) in [4.78, 5) is 0. The third-order valence-corrected chi connectivity index (χ3v) is 2.54. The quantitative estimate of drug-likeness (QED) is 0.880. The Balaban J connectivity index is 2.61. The molecule has 2 aromatic rings. The number of benzene rings is 1. The van der Waals surface area contributed by atoms with E-state index in [9.17, 15) is 0 Å². The van der Waals surface area contributed by atoms with E-state index in [1.54, 1.807) is 32.4 Å². The summed E-state index contributed by atoms with van der Waals surface area (Å²) < 4.78 is 11.8. The number of nitrogen functional groups attached to an aromatic ring is 1. The Morgan fingerprint density at radius 2 is 2.11 bits per heavy atom. The van der Waals surface area contributed by atoms with Crippen LogP contribution < -0.4 is 15.2 Å². The molecule has 0 unspecified atom stereocenters. The van der Waals surface area contributed by atoms with Crippen LogP contribution in [0.25, 0.3) is 5.69 Å². The summed E-state index contributed by atoms with van der Waals surface area (Å²) >= 11 is 0. The Labute approximate surface area is 104 Å². The van der Waals surface area contributed by atoms with Gasteiger partial charge in [0.25, 0.3) is 0 Å². The lowest BCUT2D eigenvalue weighted by Gasteiger charge is -2.11. The minimum atomic E-state index is 0.268. The third-order valence-electron chi connectivity index (χ3n) is 2.54. The fourth-order valence-corrected chi connectivity index (χ4v) is 1.60. The summed E-state index contributed by atoms with van der Waals surface area (Å²) in [5.74, 6) is 1.51. The molecule has 0 saturated heterocycles. The maximum atomic E-state index is 8.87. The molecule has 6 nitrogen and oxygen atoms in total. The van der Waals surface area contributed by atoms with E-state index in [0.717, 1.165) is 0 Å². The molecule has 0 atom stereocenters. The van der Waals surface area contributed by atoms with Gasteiger partial charge in [0.2, 0.25) is 0 Å². The molecule has 6 heteroatoms. The van der Waals surface area contributed by atoms with Crippen LogP contribution in [0.1, 0.15) is 5.56 Å². The van der Waals surface area contributed by atoms with E-state index in [0.29, 0.717) is 22.7 Å². The highest BCUT2D eigenvalue weighted by Gasteiger charge is 2.13. The van der Waals surface area contributed by atoms with Gasteiger partial charge in [-0.15, -0.1) is 0 Å². The number of methoxy groups -OCH3 is 2. The maximum absolute atomic E-state index is 8.87. The van der Waals surface area contributed by atoms with Crippen molar-refractivity contribution in [2.24, 2.45) is 0 Å². The predicted octanol–water partition coefficient (Wildman–Crippen LogP) is 1.34. The second-order valence-corrected chi connectivity index (χ2v) is 3.50. The van der Waals surface area contributed by atoms with E-state index in [1.165, 1.54) is 10.9 Å². The van der Waals surface area contributed by atoms with E-state index in [2.05, 4.69) is 5.10 Å². The molecule has 0 fully saturated rings. The first-order valence-corrected chi connectivity index (χ1v) is 5.17. The zero-order valence-electron chi connectivity index (χ0n) is 10.0. The van der Waals surface area contributed by atoms with Crippen LogP contribution in [0, 0.1) is 11.3 Å². The van der Waals surface area contributed by atoms with Gasteiger partial charge in [-0.05, 0) is 12.1 Å². The van der Waals surface area contributed by atoms with Crippen LogP contribution in [0.15, 0.2) is 24.4 Å². The highest BCUT2D eigenvalue weighted by molar-refractivity contribution is 5.58. The largest absolute Gasteiger partial charge is 0.497 e. The molecule has 18 heavy (non-hydrogen) atoms. The van der Waals surface area contributed by atoms with Crippen LogP contribution in [0.2, 0.25) is 0 Å². The molecule has 1 aromatic carbocycles. The van der Waals surface area contributed by atoms with Gasteiger partial charge in [0.15, 0.2) is 0 Å². The Morgan fingerprint density at radius 3 is 2.67 bits per heavy atom. The fraction of sp³-hybridized carbons (Fsp3) is 0.167. The maximum Gasteiger partial charge on any atom is 0.145 e. The van der Waals surface area contributed by atoms with Gasteiger partial charge in [0, 0.05) is 6.07 Å². The summed E-state index contributed by atoms with van der Waals surface area (Å²) in [6.07, 6.45) is 1.41. The van der Waals surface area contributed by atoms with Crippen molar-refractivity contribution in [3.05, 3.63) is 30.0 Å². The van der Waals surface area contributed by atoms with Gasteiger partial charge in [-0.3, -0.25) is 0 Å². The Hall–Kier alpha value is -2.68. The van der Waals surface area contributed by atoms with Gasteiger partial charge in [-0.2, -0.15) is 10.4 Å². The molecule has 2 N–H and O–H groups in total. The Morgan fingerprint density at radius 1 is 1.33 bits per heavy atom. The molecule has 0 aliphatic rings. The standard InChI is InChI=1S/C12H12N4O2/c1-17-9-3-4-11(18-2)10(5-9)16-12(14)8(6-13)7-15-16/h3-5,7H,14H2,1-2H3. The lowest BCUT2D eigenvalue weighted by Crippen LogP contribution is -2.04. The zero-order valence-corrected chi connectivity index (χ0v) is 10.0. The lowest BCUT2D eigenvalue weighted by molar-refractivity contribution is 0.401. The van der Waals surface area contributed by atoms with E-state index < -0.39 is 0 Å². The second kappa shape index (κ2) is 4.67. The van der Waals surface area contributed by atoms with Crippen LogP contribution in [0.5, 0.6) is 11.5 Å². The first kappa shape index (κ1) is 11.8. The summed E-state index contributed by atoms with van der Waals surface area (Å²) in [5, 5.41) is 12.9. The molecule has 0 saturated carbocycles. The average Bonchev–Trinajstić information content (AvgIpc) is 2.78. The molecule has 1 aromatic heterocycles. The minimum absolute atomic E-state index is 0.268. The van der Waals surface area contributed by atoms with Crippen LogP contribution in [0.4, 0.5) is 5.82 Å². The number of hydrogen-bond acceptors (Lipinski definition) is 5. The van der Waals surface area contributed by atoms with E-state index in [4.69, 9.17) is 20.5 Å². The smallest absolute Gasteiger partial charge is 0.145 e. The number of nitriles is 1. The fourth-order valence-electron chi connectivity index (χ4n) is 1.60. The Kier molecular flexibility index (Phi) is 3.06. The summed E-state index contributed by atoms with van der Waals surface area (Å²) in [6.45, 7) is 0. The number of ether oxygens (including phenoxy) is 2. The van der Waals surface area contributed by atoms with Crippen LogP contribution >= 0.6 is 0 Å². The molecule has 0 aliphatic heterocycles. The third kappa shape index (κ3) is 1.82. The van der Waals surface area contributed by atoms with Crippen LogP contribution in [-0.2, 0) is 0 Å². The molecule has 92 valence electrons. The molecule has 0 radical (unpaired) electrons. The topological polar surface area (TPSA) is 86.1 Å². The van der Waals surface area contributed by atoms with E-state index >= 15 is 0 Å². The highest BCUT2D eigenvalue weighted by Crippen LogP contribution is 2.29. The summed E-state index contributed by atoms with van der Waals surface area (Å²) in [5.41, 5.74) is 6.78. The van der Waals surface area contributed by atoms with Crippen molar-refractivity contribution < 1.29 is 9.47 Å². The Bertz CT molecular complexity index is 613. The molecule has 0 spiro atoms. The van der Waals surface area contributed by atoms with Gasteiger partial charge >= 0.3 is 0 Å². The number of nitrogens with zero attached hydrogens (tertiary/aromatic N) is 3. The van der Waals surface area contributed by atoms with E-state index in [1.807, 2.05) is 6.07 Å². The second-order valence-electron chi connectivity index (χ2n) is 3.50. The van der Waals surface area contributed by atoms with Crippen molar-refractivity contribution in [1.29, 1.82) is 5.26 Å². The van der Waals surface area contributed by atoms with Crippen molar-refractivity contribution in [3.63, 3.8) is 0 Å². The molecule has 0 amide bonds. The van der Waals surface area contributed by atoms with Gasteiger partial charge in [0.05, 0.1) is 20.4 Å². The van der Waals surface area contributed by atoms with Crippen molar-refractivity contribution in [2.75, 3.05) is 20.0 Å². The van der Waals surface area contributed by atoms with Gasteiger partial charge in [-0.25, -0.2) is 4.68 Å². The van der Waals surface area contributed by atoms with Crippen molar-refractivity contribution in [1.82, 2.24) is 9.78 Å². The van der Waals surface area contributed by atoms with Crippen molar-refractivity contribution >= 4 is 5.82 Å². The predicted molar refractivity (Wildman–Crippen MR) is 65.8 cm³/mol. The highest BCUT2D eigenvalue weighted by atomic mass is 16.5.